The fraction of sp³-hybridized carbons (Fsp3) is 0.182. The maximum absolute atomic E-state index is 12.2. The molecule has 0 heterocycles. The number of rotatable bonds is 6. The summed E-state index contributed by atoms with van der Waals surface area (Å²) in [7, 11) is 0. The molecule has 0 saturated heterocycles. The topological polar surface area (TPSA) is 55.4 Å². The van der Waals surface area contributed by atoms with Crippen LogP contribution in [0.1, 0.15) is 12.5 Å². The number of fused-ring (bicyclic) bond motifs is 1. The number of thioether (sulfide) groups is 1. The Hall–Kier alpha value is -2.79. The van der Waals surface area contributed by atoms with Gasteiger partial charge in [0.15, 0.2) is 6.10 Å². The van der Waals surface area contributed by atoms with Crippen molar-refractivity contribution in [3.05, 3.63) is 72.3 Å². The van der Waals surface area contributed by atoms with Gasteiger partial charge in [0, 0.05) is 10.6 Å². The number of anilines is 1. The lowest BCUT2D eigenvalue weighted by Gasteiger charge is -2.14. The van der Waals surface area contributed by atoms with E-state index in [9.17, 15) is 9.59 Å². The third-order valence-corrected chi connectivity index (χ3v) is 5.13. The Balaban J connectivity index is 1.52. The Morgan fingerprint density at radius 2 is 1.70 bits per heavy atom. The zero-order chi connectivity index (χ0) is 19.2. The number of nitrogens with one attached hydrogen (secondary N) is 1. The molecule has 0 fully saturated rings. The van der Waals surface area contributed by atoms with Crippen molar-refractivity contribution in [3.63, 3.8) is 0 Å². The van der Waals surface area contributed by atoms with Crippen molar-refractivity contribution in [3.8, 4) is 0 Å². The van der Waals surface area contributed by atoms with E-state index >= 15 is 0 Å². The molecule has 138 valence electrons. The van der Waals surface area contributed by atoms with Crippen LogP contribution < -0.4 is 5.32 Å². The molecule has 0 saturated carbocycles. The second kappa shape index (κ2) is 8.73. The molecule has 1 N–H and O–H groups in total. The molecule has 5 heteroatoms. The van der Waals surface area contributed by atoms with Gasteiger partial charge in [0.2, 0.25) is 0 Å². The van der Waals surface area contributed by atoms with Crippen LogP contribution in [0.25, 0.3) is 10.8 Å². The van der Waals surface area contributed by atoms with Gasteiger partial charge >= 0.3 is 5.97 Å². The highest BCUT2D eigenvalue weighted by Gasteiger charge is 2.18. The van der Waals surface area contributed by atoms with Crippen LogP contribution in [0, 0.1) is 6.92 Å². The van der Waals surface area contributed by atoms with Crippen LogP contribution in [0.4, 0.5) is 5.69 Å². The number of carbonyl (C=O) groups is 2. The molecule has 4 nitrogen and oxygen atoms in total. The summed E-state index contributed by atoms with van der Waals surface area (Å²) in [6.07, 6.45) is -0.852. The summed E-state index contributed by atoms with van der Waals surface area (Å²) in [5.74, 6) is -0.603. The van der Waals surface area contributed by atoms with Crippen LogP contribution >= 0.6 is 11.8 Å². The molecule has 3 aromatic rings. The number of ether oxygens (including phenoxy) is 1. The summed E-state index contributed by atoms with van der Waals surface area (Å²) in [6, 6.07) is 21.6. The van der Waals surface area contributed by atoms with Crippen LogP contribution in [0.2, 0.25) is 0 Å². The van der Waals surface area contributed by atoms with Gasteiger partial charge < -0.3 is 10.1 Å². The van der Waals surface area contributed by atoms with Gasteiger partial charge in [-0.3, -0.25) is 9.59 Å². The highest BCUT2D eigenvalue weighted by molar-refractivity contribution is 8.00. The zero-order valence-corrected chi connectivity index (χ0v) is 16.1. The highest BCUT2D eigenvalue weighted by atomic mass is 32.2. The summed E-state index contributed by atoms with van der Waals surface area (Å²) in [5.41, 5.74) is 1.67. The maximum Gasteiger partial charge on any atom is 0.317 e. The lowest BCUT2D eigenvalue weighted by atomic mass is 10.1. The van der Waals surface area contributed by atoms with Crippen LogP contribution in [-0.4, -0.2) is 23.7 Å². The van der Waals surface area contributed by atoms with Crippen molar-refractivity contribution in [2.45, 2.75) is 24.8 Å². The summed E-state index contributed by atoms with van der Waals surface area (Å²) >= 11 is 1.40. The second-order valence-corrected chi connectivity index (χ2v) is 7.28. The van der Waals surface area contributed by atoms with Crippen LogP contribution in [-0.2, 0) is 14.3 Å². The molecule has 0 unspecified atom stereocenters. The Kier molecular flexibility index (Phi) is 6.14. The smallest absolute Gasteiger partial charge is 0.317 e. The number of amides is 1. The van der Waals surface area contributed by atoms with Crippen molar-refractivity contribution in [2.75, 3.05) is 11.1 Å². The van der Waals surface area contributed by atoms with Crippen LogP contribution in [0.15, 0.2) is 71.6 Å². The normalized spacial score (nSPS) is 11.8. The largest absolute Gasteiger partial charge is 0.452 e. The molecule has 0 aliphatic heterocycles. The summed E-state index contributed by atoms with van der Waals surface area (Å²) in [5, 5.41) is 5.07. The molecular weight excluding hydrogens is 358 g/mol. The minimum absolute atomic E-state index is 0.153. The third kappa shape index (κ3) is 5.11. The van der Waals surface area contributed by atoms with Crippen molar-refractivity contribution in [2.24, 2.45) is 0 Å². The fourth-order valence-corrected chi connectivity index (χ4v) is 3.36. The molecule has 3 aromatic carbocycles. The van der Waals surface area contributed by atoms with E-state index < -0.39 is 12.1 Å². The number of hydrogen-bond acceptors (Lipinski definition) is 4. The van der Waals surface area contributed by atoms with Gasteiger partial charge in [-0.1, -0.05) is 48.5 Å². The number of aryl methyl sites for hydroxylation is 1. The van der Waals surface area contributed by atoms with E-state index in [1.807, 2.05) is 73.7 Å². The average molecular weight is 379 g/mol. The number of esters is 1. The Morgan fingerprint density at radius 3 is 2.48 bits per heavy atom. The lowest BCUT2D eigenvalue weighted by molar-refractivity contribution is -0.150. The van der Waals surface area contributed by atoms with Gasteiger partial charge in [-0.25, -0.2) is 0 Å². The first-order chi connectivity index (χ1) is 13.0. The van der Waals surface area contributed by atoms with Gasteiger partial charge in [-0.2, -0.15) is 0 Å². The van der Waals surface area contributed by atoms with Crippen LogP contribution in [0.3, 0.4) is 0 Å². The Bertz CT molecular complexity index is 970. The molecule has 1 amide bonds. The van der Waals surface area contributed by atoms with Crippen LogP contribution in [0.5, 0.6) is 0 Å². The van der Waals surface area contributed by atoms with Crippen molar-refractivity contribution < 1.29 is 14.3 Å². The van der Waals surface area contributed by atoms with Gasteiger partial charge in [-0.05, 0) is 48.4 Å². The highest BCUT2D eigenvalue weighted by Crippen LogP contribution is 2.24. The van der Waals surface area contributed by atoms with E-state index in [0.29, 0.717) is 0 Å². The zero-order valence-electron chi connectivity index (χ0n) is 15.3. The van der Waals surface area contributed by atoms with E-state index in [0.717, 1.165) is 26.9 Å². The van der Waals surface area contributed by atoms with Crippen molar-refractivity contribution >= 4 is 40.1 Å². The molecular formula is C22H21NO3S. The second-order valence-electron chi connectivity index (χ2n) is 6.23. The molecule has 27 heavy (non-hydrogen) atoms. The monoisotopic (exact) mass is 379 g/mol. The van der Waals surface area contributed by atoms with Crippen molar-refractivity contribution in [1.82, 2.24) is 0 Å². The lowest BCUT2D eigenvalue weighted by Crippen LogP contribution is -2.30. The third-order valence-electron chi connectivity index (χ3n) is 4.16. The van der Waals surface area contributed by atoms with Gasteiger partial charge in [0.05, 0.1) is 5.75 Å². The standard InChI is InChI=1S/C22H21NO3S/c1-15-7-3-6-10-20(15)23-22(25)16(2)26-21(24)14-27-19-12-11-17-8-4-5-9-18(17)13-19/h3-13,16H,14H2,1-2H3,(H,23,25)/t16-/m0/s1. The molecule has 0 spiro atoms. The minimum Gasteiger partial charge on any atom is -0.452 e. The Morgan fingerprint density at radius 1 is 1.00 bits per heavy atom. The minimum atomic E-state index is -0.852. The average Bonchev–Trinajstić information content (AvgIpc) is 2.68. The number of carbonyl (C=O) groups excluding carboxylic acids is 2. The van der Waals surface area contributed by atoms with E-state index in [-0.39, 0.29) is 11.7 Å². The first kappa shape index (κ1) is 19.0. The predicted molar refractivity (Wildman–Crippen MR) is 110 cm³/mol. The van der Waals surface area contributed by atoms with Gasteiger partial charge in [0.25, 0.3) is 5.91 Å². The maximum atomic E-state index is 12.2. The quantitative estimate of drug-likeness (QED) is 0.493. The van der Waals surface area contributed by atoms with E-state index in [1.165, 1.54) is 11.8 Å². The molecule has 0 bridgehead atoms. The fourth-order valence-electron chi connectivity index (χ4n) is 2.63. The molecule has 0 radical (unpaired) electrons. The number of benzene rings is 3. The number of para-hydroxylation sites is 1. The van der Waals surface area contributed by atoms with Gasteiger partial charge in [-0.15, -0.1) is 11.8 Å². The summed E-state index contributed by atoms with van der Waals surface area (Å²) in [6.45, 7) is 3.48. The van der Waals surface area contributed by atoms with E-state index in [2.05, 4.69) is 5.32 Å². The molecule has 3 rings (SSSR count). The van der Waals surface area contributed by atoms with E-state index in [4.69, 9.17) is 4.74 Å². The first-order valence-corrected chi connectivity index (χ1v) is 9.69. The van der Waals surface area contributed by atoms with Crippen molar-refractivity contribution in [1.29, 1.82) is 0 Å². The summed E-state index contributed by atoms with van der Waals surface area (Å²) < 4.78 is 5.26. The predicted octanol–water partition coefficient (Wildman–Crippen LogP) is 4.81. The summed E-state index contributed by atoms with van der Waals surface area (Å²) in [4.78, 5) is 25.3. The van der Waals surface area contributed by atoms with E-state index in [1.54, 1.807) is 6.92 Å². The van der Waals surface area contributed by atoms with Gasteiger partial charge in [0.1, 0.15) is 0 Å². The number of hydrogen-bond donors (Lipinski definition) is 1. The molecule has 0 aromatic heterocycles. The molecule has 1 atom stereocenters. The first-order valence-electron chi connectivity index (χ1n) is 8.70. The Labute approximate surface area is 162 Å². The SMILES string of the molecule is Cc1ccccc1NC(=O)[C@H](C)OC(=O)CSc1ccc2ccccc2c1. The molecule has 0 aliphatic rings. The molecule has 0 aliphatic carbocycles.